The van der Waals surface area contributed by atoms with Crippen molar-refractivity contribution in [1.29, 1.82) is 0 Å². The fourth-order valence-corrected chi connectivity index (χ4v) is 3.62. The highest BCUT2D eigenvalue weighted by molar-refractivity contribution is 6.00. The van der Waals surface area contributed by atoms with Gasteiger partial charge in [-0.1, -0.05) is 6.07 Å². The van der Waals surface area contributed by atoms with Crippen LogP contribution in [0.25, 0.3) is 10.9 Å². The number of fused-ring (bicyclic) bond motifs is 2. The normalized spacial score (nSPS) is 13.5. The number of carbonyl (C=O) groups excluding carboxylic acids is 4. The molecule has 1 aromatic heterocycles. The second-order valence-corrected chi connectivity index (χ2v) is 9.73. The fourth-order valence-electron chi connectivity index (χ4n) is 3.62. The molecule has 12 nitrogen and oxygen atoms in total. The molecule has 38 heavy (non-hydrogen) atoms. The number of aromatic amines is 1. The lowest BCUT2D eigenvalue weighted by atomic mass is 10.1. The van der Waals surface area contributed by atoms with Crippen LogP contribution >= 0.6 is 0 Å². The third-order valence-corrected chi connectivity index (χ3v) is 5.42. The van der Waals surface area contributed by atoms with Crippen molar-refractivity contribution < 1.29 is 28.7 Å². The molecule has 0 spiro atoms. The van der Waals surface area contributed by atoms with Gasteiger partial charge in [0, 0.05) is 12.1 Å². The first-order valence-corrected chi connectivity index (χ1v) is 11.8. The lowest BCUT2D eigenvalue weighted by Gasteiger charge is -2.22. The highest BCUT2D eigenvalue weighted by Gasteiger charge is 2.24. The first-order chi connectivity index (χ1) is 17.9. The minimum atomic E-state index is -0.904. The van der Waals surface area contributed by atoms with Crippen LogP contribution in [-0.4, -0.2) is 51.9 Å². The van der Waals surface area contributed by atoms with E-state index in [1.807, 2.05) is 0 Å². The van der Waals surface area contributed by atoms with Gasteiger partial charge in [-0.3, -0.25) is 19.2 Å². The molecule has 0 saturated carbocycles. The molecule has 1 aliphatic rings. The maximum absolute atomic E-state index is 12.7. The Labute approximate surface area is 217 Å². The van der Waals surface area contributed by atoms with E-state index in [1.165, 1.54) is 25.1 Å². The van der Waals surface area contributed by atoms with Gasteiger partial charge >= 0.3 is 5.97 Å². The number of amides is 3. The van der Waals surface area contributed by atoms with Gasteiger partial charge in [-0.05, 0) is 63.6 Å². The molecule has 0 aliphatic carbocycles. The van der Waals surface area contributed by atoms with Gasteiger partial charge in [-0.15, -0.1) is 0 Å². The summed E-state index contributed by atoms with van der Waals surface area (Å²) in [7, 11) is 0. The van der Waals surface area contributed by atoms with Crippen LogP contribution in [0, 0.1) is 0 Å². The van der Waals surface area contributed by atoms with Gasteiger partial charge in [-0.2, -0.15) is 0 Å². The van der Waals surface area contributed by atoms with Gasteiger partial charge in [0.1, 0.15) is 17.4 Å². The Kier molecular flexibility index (Phi) is 7.15. The molecule has 2 heterocycles. The zero-order valence-electron chi connectivity index (χ0n) is 21.3. The van der Waals surface area contributed by atoms with E-state index in [-0.39, 0.29) is 41.3 Å². The number of nitrogens with one attached hydrogen (secondary N) is 4. The van der Waals surface area contributed by atoms with E-state index in [2.05, 4.69) is 25.9 Å². The summed E-state index contributed by atoms with van der Waals surface area (Å²) >= 11 is 0. The summed E-state index contributed by atoms with van der Waals surface area (Å²) in [6.45, 7) is 6.72. The first kappa shape index (κ1) is 26.3. The lowest BCUT2D eigenvalue weighted by molar-refractivity contribution is -0.156. The van der Waals surface area contributed by atoms with Gasteiger partial charge in [0.15, 0.2) is 12.4 Å². The van der Waals surface area contributed by atoms with E-state index in [0.717, 1.165) is 0 Å². The minimum absolute atomic E-state index is 0.0541. The summed E-state index contributed by atoms with van der Waals surface area (Å²) in [5.74, 6) is -1.71. The highest BCUT2D eigenvalue weighted by Crippen LogP contribution is 2.28. The molecule has 3 aromatic rings. The van der Waals surface area contributed by atoms with Crippen LogP contribution in [0.2, 0.25) is 0 Å². The number of aromatic nitrogens is 2. The van der Waals surface area contributed by atoms with Crippen molar-refractivity contribution >= 4 is 40.3 Å². The van der Waals surface area contributed by atoms with Crippen molar-refractivity contribution in [3.8, 4) is 5.75 Å². The number of H-pyrrole nitrogens is 1. The monoisotopic (exact) mass is 521 g/mol. The maximum atomic E-state index is 12.7. The summed E-state index contributed by atoms with van der Waals surface area (Å²) in [4.78, 5) is 68.3. The minimum Gasteiger partial charge on any atom is -0.482 e. The summed E-state index contributed by atoms with van der Waals surface area (Å²) in [5, 5.41) is 8.01. The van der Waals surface area contributed by atoms with Crippen LogP contribution in [0.4, 0.5) is 5.69 Å². The number of hydrogen-bond acceptors (Lipinski definition) is 8. The smallest absolute Gasteiger partial charge is 0.328 e. The van der Waals surface area contributed by atoms with Gasteiger partial charge in [0.25, 0.3) is 23.3 Å². The van der Waals surface area contributed by atoms with Gasteiger partial charge in [0.05, 0.1) is 16.6 Å². The quantitative estimate of drug-likeness (QED) is 0.355. The predicted molar refractivity (Wildman–Crippen MR) is 137 cm³/mol. The Morgan fingerprint density at radius 2 is 1.87 bits per heavy atom. The van der Waals surface area contributed by atoms with E-state index < -0.39 is 35.0 Å². The summed E-state index contributed by atoms with van der Waals surface area (Å²) < 4.78 is 10.6. The predicted octanol–water partition coefficient (Wildman–Crippen LogP) is 1.64. The second kappa shape index (κ2) is 10.3. The summed E-state index contributed by atoms with van der Waals surface area (Å²) in [5.41, 5.74) is 0.247. The van der Waals surface area contributed by atoms with Gasteiger partial charge in [0.2, 0.25) is 0 Å². The summed E-state index contributed by atoms with van der Waals surface area (Å²) in [6, 6.07) is 8.43. The molecule has 198 valence electrons. The number of nitrogens with zero attached hydrogens (tertiary/aromatic N) is 1. The third kappa shape index (κ3) is 6.14. The number of ether oxygens (including phenoxy) is 2. The van der Waals surface area contributed by atoms with E-state index in [0.29, 0.717) is 17.0 Å². The molecule has 0 saturated heterocycles. The molecule has 0 unspecified atom stereocenters. The number of anilines is 1. The maximum Gasteiger partial charge on any atom is 0.328 e. The Balaban J connectivity index is 1.44. The first-order valence-electron chi connectivity index (χ1n) is 11.8. The molecule has 12 heteroatoms. The Morgan fingerprint density at radius 1 is 1.11 bits per heavy atom. The molecule has 0 radical (unpaired) electrons. The van der Waals surface area contributed by atoms with Crippen LogP contribution in [-0.2, 0) is 20.9 Å². The van der Waals surface area contributed by atoms with Crippen molar-refractivity contribution in [2.75, 3.05) is 11.9 Å². The number of benzene rings is 2. The SMILES string of the molecule is C[C@H](NC(=O)c1ccc2nc(C(=O)NCc3ccc4c(c3)NC(=O)CO4)[nH]c(=O)c2c1)C(=O)OC(C)(C)C. The highest BCUT2D eigenvalue weighted by atomic mass is 16.6. The van der Waals surface area contributed by atoms with Crippen molar-refractivity contribution in [1.82, 2.24) is 20.6 Å². The van der Waals surface area contributed by atoms with E-state index in [4.69, 9.17) is 9.47 Å². The van der Waals surface area contributed by atoms with E-state index in [9.17, 15) is 24.0 Å². The molecule has 2 aromatic carbocycles. The van der Waals surface area contributed by atoms with Crippen LogP contribution in [0.3, 0.4) is 0 Å². The average Bonchev–Trinajstić information content (AvgIpc) is 2.85. The molecule has 1 aliphatic heterocycles. The third-order valence-electron chi connectivity index (χ3n) is 5.42. The number of rotatable bonds is 6. The van der Waals surface area contributed by atoms with Crippen molar-refractivity contribution in [3.63, 3.8) is 0 Å². The van der Waals surface area contributed by atoms with Crippen molar-refractivity contribution in [3.05, 3.63) is 63.7 Å². The number of esters is 1. The van der Waals surface area contributed by atoms with Crippen LogP contribution in [0.15, 0.2) is 41.2 Å². The topological polar surface area (TPSA) is 169 Å². The molecule has 0 bridgehead atoms. The van der Waals surface area contributed by atoms with Crippen LogP contribution < -0.4 is 26.2 Å². The molecule has 0 fully saturated rings. The van der Waals surface area contributed by atoms with Crippen LogP contribution in [0.5, 0.6) is 5.75 Å². The Morgan fingerprint density at radius 3 is 2.61 bits per heavy atom. The Hall–Kier alpha value is -4.74. The zero-order chi connectivity index (χ0) is 27.6. The standard InChI is InChI=1S/C26H27N5O7/c1-13(25(36)38-26(2,3)4)28-22(33)15-6-7-17-16(10-15)23(34)31-21(30-17)24(35)27-11-14-5-8-19-18(9-14)29-20(32)12-37-19/h5-10,13H,11-12H2,1-4H3,(H,27,35)(H,28,33)(H,29,32)(H,30,31,34)/t13-/m0/s1. The van der Waals surface area contributed by atoms with Crippen LogP contribution in [0.1, 0.15) is 54.2 Å². The van der Waals surface area contributed by atoms with Gasteiger partial charge in [-0.25, -0.2) is 9.78 Å². The van der Waals surface area contributed by atoms with E-state index in [1.54, 1.807) is 39.0 Å². The Bertz CT molecular complexity index is 1510. The molecular weight excluding hydrogens is 494 g/mol. The summed E-state index contributed by atoms with van der Waals surface area (Å²) in [6.07, 6.45) is 0. The molecule has 1 atom stereocenters. The molecule has 4 N–H and O–H groups in total. The van der Waals surface area contributed by atoms with Crippen molar-refractivity contribution in [2.24, 2.45) is 0 Å². The van der Waals surface area contributed by atoms with Gasteiger partial charge < -0.3 is 30.4 Å². The zero-order valence-corrected chi connectivity index (χ0v) is 21.3. The lowest BCUT2D eigenvalue weighted by Crippen LogP contribution is -2.42. The molecular formula is C26H27N5O7. The van der Waals surface area contributed by atoms with Crippen molar-refractivity contribution in [2.45, 2.75) is 45.9 Å². The van der Waals surface area contributed by atoms with E-state index >= 15 is 0 Å². The largest absolute Gasteiger partial charge is 0.482 e. The number of carbonyl (C=O) groups is 4. The average molecular weight is 522 g/mol. The second-order valence-electron chi connectivity index (χ2n) is 9.73. The fraction of sp³-hybridized carbons (Fsp3) is 0.308. The molecule has 4 rings (SSSR count). The molecule has 3 amide bonds. The number of hydrogen-bond donors (Lipinski definition) is 4.